The maximum absolute atomic E-state index is 12.9. The third kappa shape index (κ3) is 2.55. The lowest BCUT2D eigenvalue weighted by atomic mass is 10.1. The Morgan fingerprint density at radius 3 is 2.76 bits per heavy atom. The fraction of sp³-hybridized carbons (Fsp3) is 0.375. The molecule has 2 fully saturated rings. The lowest BCUT2D eigenvalue weighted by Gasteiger charge is -2.02. The number of hydrogen-bond donors (Lipinski definition) is 2. The molecule has 108 valence electrons. The highest BCUT2D eigenvalue weighted by molar-refractivity contribution is 5.92. The second kappa shape index (κ2) is 4.69. The van der Waals surface area contributed by atoms with Crippen LogP contribution in [-0.4, -0.2) is 22.1 Å². The van der Waals surface area contributed by atoms with Crippen LogP contribution in [0.2, 0.25) is 0 Å². The normalized spacial score (nSPS) is 23.9. The van der Waals surface area contributed by atoms with Crippen LogP contribution in [0.25, 0.3) is 0 Å². The summed E-state index contributed by atoms with van der Waals surface area (Å²) in [6.07, 6.45) is 3.26. The zero-order valence-corrected chi connectivity index (χ0v) is 11.5. The highest BCUT2D eigenvalue weighted by Crippen LogP contribution is 2.41. The molecule has 1 aromatic heterocycles. The van der Waals surface area contributed by atoms with Crippen LogP contribution in [0, 0.1) is 5.82 Å². The molecule has 2 aromatic rings. The van der Waals surface area contributed by atoms with Crippen LogP contribution in [0.3, 0.4) is 0 Å². The van der Waals surface area contributed by atoms with Gasteiger partial charge in [0.15, 0.2) is 0 Å². The number of nitrogens with zero attached hydrogens (tertiary/aromatic N) is 1. The molecule has 1 aromatic carbocycles. The van der Waals surface area contributed by atoms with Crippen LogP contribution in [0.5, 0.6) is 0 Å². The van der Waals surface area contributed by atoms with E-state index in [4.69, 9.17) is 0 Å². The van der Waals surface area contributed by atoms with Crippen molar-refractivity contribution in [1.82, 2.24) is 15.5 Å². The van der Waals surface area contributed by atoms with Crippen molar-refractivity contribution in [3.63, 3.8) is 0 Å². The van der Waals surface area contributed by atoms with E-state index in [-0.39, 0.29) is 23.7 Å². The first kappa shape index (κ1) is 12.6. The van der Waals surface area contributed by atoms with Gasteiger partial charge in [-0.05, 0) is 43.0 Å². The van der Waals surface area contributed by atoms with Crippen LogP contribution in [0.4, 0.5) is 4.39 Å². The molecule has 2 atom stereocenters. The topological polar surface area (TPSA) is 57.8 Å². The van der Waals surface area contributed by atoms with E-state index in [1.807, 2.05) is 6.07 Å². The maximum Gasteiger partial charge on any atom is 0.272 e. The average Bonchev–Trinajstić information content (AvgIpc) is 3.40. The van der Waals surface area contributed by atoms with Crippen molar-refractivity contribution in [2.75, 3.05) is 0 Å². The molecule has 21 heavy (non-hydrogen) atoms. The van der Waals surface area contributed by atoms with Gasteiger partial charge in [0.25, 0.3) is 5.91 Å². The Kier molecular flexibility index (Phi) is 2.80. The van der Waals surface area contributed by atoms with Gasteiger partial charge in [-0.1, -0.05) is 12.1 Å². The van der Waals surface area contributed by atoms with E-state index in [0.29, 0.717) is 11.6 Å². The highest BCUT2D eigenvalue weighted by atomic mass is 19.1. The van der Waals surface area contributed by atoms with Crippen LogP contribution >= 0.6 is 0 Å². The van der Waals surface area contributed by atoms with Gasteiger partial charge in [-0.25, -0.2) is 4.39 Å². The minimum atomic E-state index is -0.232. The molecular formula is C16H16FN3O. The number of carbonyl (C=O) groups is 1. The smallest absolute Gasteiger partial charge is 0.272 e. The molecule has 2 aliphatic carbocycles. The SMILES string of the molecule is O=C(N[C@@H]1C[C@H]1c1ccc(F)cc1)c1cc(C2CC2)[nH]n1. The number of benzene rings is 1. The zero-order chi connectivity index (χ0) is 14.4. The average molecular weight is 285 g/mol. The Hall–Kier alpha value is -2.17. The van der Waals surface area contributed by atoms with Gasteiger partial charge in [0.05, 0.1) is 0 Å². The molecule has 5 heteroatoms. The summed E-state index contributed by atoms with van der Waals surface area (Å²) in [5.74, 6) is 0.486. The molecule has 0 unspecified atom stereocenters. The fourth-order valence-corrected chi connectivity index (χ4v) is 2.73. The van der Waals surface area contributed by atoms with Crippen LogP contribution in [-0.2, 0) is 0 Å². The summed E-state index contributed by atoms with van der Waals surface area (Å²) in [7, 11) is 0. The van der Waals surface area contributed by atoms with Crippen LogP contribution < -0.4 is 5.32 Å². The number of amides is 1. The molecule has 0 saturated heterocycles. The zero-order valence-electron chi connectivity index (χ0n) is 11.5. The monoisotopic (exact) mass is 285 g/mol. The number of halogens is 1. The van der Waals surface area contributed by atoms with E-state index < -0.39 is 0 Å². The molecule has 1 heterocycles. The van der Waals surface area contributed by atoms with Gasteiger partial charge in [0, 0.05) is 23.6 Å². The fourth-order valence-electron chi connectivity index (χ4n) is 2.73. The molecular weight excluding hydrogens is 269 g/mol. The van der Waals surface area contributed by atoms with Gasteiger partial charge in [0.1, 0.15) is 11.5 Å². The van der Waals surface area contributed by atoms with Crippen molar-refractivity contribution in [2.24, 2.45) is 0 Å². The van der Waals surface area contributed by atoms with Gasteiger partial charge in [0.2, 0.25) is 0 Å². The lowest BCUT2D eigenvalue weighted by Crippen LogP contribution is -2.26. The number of carbonyl (C=O) groups excluding carboxylic acids is 1. The van der Waals surface area contributed by atoms with E-state index in [9.17, 15) is 9.18 Å². The van der Waals surface area contributed by atoms with E-state index in [1.54, 1.807) is 12.1 Å². The second-order valence-electron chi connectivity index (χ2n) is 5.96. The Bertz CT molecular complexity index is 675. The van der Waals surface area contributed by atoms with Crippen molar-refractivity contribution in [3.8, 4) is 0 Å². The minimum Gasteiger partial charge on any atom is -0.347 e. The molecule has 4 rings (SSSR count). The number of rotatable bonds is 4. The van der Waals surface area contributed by atoms with Gasteiger partial charge in [-0.15, -0.1) is 0 Å². The Morgan fingerprint density at radius 2 is 2.05 bits per heavy atom. The largest absolute Gasteiger partial charge is 0.347 e. The molecule has 1 amide bonds. The first-order valence-corrected chi connectivity index (χ1v) is 7.32. The van der Waals surface area contributed by atoms with Crippen LogP contribution in [0.15, 0.2) is 30.3 Å². The molecule has 4 nitrogen and oxygen atoms in total. The summed E-state index contributed by atoms with van der Waals surface area (Å²) in [5.41, 5.74) is 2.59. The number of H-pyrrole nitrogens is 1. The third-order valence-electron chi connectivity index (χ3n) is 4.25. The van der Waals surface area contributed by atoms with E-state index in [1.165, 1.54) is 25.0 Å². The van der Waals surface area contributed by atoms with Crippen molar-refractivity contribution >= 4 is 5.91 Å². The molecule has 2 aliphatic rings. The summed E-state index contributed by atoms with van der Waals surface area (Å²) in [6, 6.07) is 8.47. The third-order valence-corrected chi connectivity index (χ3v) is 4.25. The number of aromatic amines is 1. The molecule has 0 spiro atoms. The molecule has 0 bridgehead atoms. The second-order valence-corrected chi connectivity index (χ2v) is 5.96. The molecule has 0 radical (unpaired) electrons. The minimum absolute atomic E-state index is 0.129. The van der Waals surface area contributed by atoms with Gasteiger partial charge in [-0.2, -0.15) is 5.10 Å². The predicted molar refractivity (Wildman–Crippen MR) is 75.6 cm³/mol. The van der Waals surface area contributed by atoms with Gasteiger partial charge >= 0.3 is 0 Å². The Morgan fingerprint density at radius 1 is 1.29 bits per heavy atom. The highest BCUT2D eigenvalue weighted by Gasteiger charge is 2.40. The molecule has 2 saturated carbocycles. The van der Waals surface area contributed by atoms with Crippen LogP contribution in [0.1, 0.15) is 52.8 Å². The van der Waals surface area contributed by atoms with E-state index in [2.05, 4.69) is 15.5 Å². The quantitative estimate of drug-likeness (QED) is 0.907. The summed E-state index contributed by atoms with van der Waals surface area (Å²) in [4.78, 5) is 12.1. The van der Waals surface area contributed by atoms with Crippen molar-refractivity contribution < 1.29 is 9.18 Å². The summed E-state index contributed by atoms with van der Waals surface area (Å²) < 4.78 is 12.9. The van der Waals surface area contributed by atoms with Crippen molar-refractivity contribution in [2.45, 2.75) is 37.1 Å². The number of aromatic nitrogens is 2. The summed E-state index contributed by atoms with van der Waals surface area (Å²) >= 11 is 0. The van der Waals surface area contributed by atoms with Gasteiger partial charge < -0.3 is 5.32 Å². The first-order valence-electron chi connectivity index (χ1n) is 7.32. The first-order chi connectivity index (χ1) is 10.2. The number of nitrogens with one attached hydrogen (secondary N) is 2. The van der Waals surface area contributed by atoms with E-state index >= 15 is 0 Å². The molecule has 2 N–H and O–H groups in total. The maximum atomic E-state index is 12.9. The van der Waals surface area contributed by atoms with E-state index in [0.717, 1.165) is 17.7 Å². The summed E-state index contributed by atoms with van der Waals surface area (Å²) in [6.45, 7) is 0. The van der Waals surface area contributed by atoms with Crippen molar-refractivity contribution in [3.05, 3.63) is 53.1 Å². The Labute approximate surface area is 121 Å². The predicted octanol–water partition coefficient (Wildman–Crippen LogP) is 2.71. The van der Waals surface area contributed by atoms with Crippen molar-refractivity contribution in [1.29, 1.82) is 0 Å². The number of hydrogen-bond acceptors (Lipinski definition) is 2. The Balaban J connectivity index is 1.38. The summed E-state index contributed by atoms with van der Waals surface area (Å²) in [5, 5.41) is 10.0. The van der Waals surface area contributed by atoms with Gasteiger partial charge in [-0.3, -0.25) is 9.89 Å². The standard InChI is InChI=1S/C16H16FN3O/c17-11-5-3-9(4-6-11)12-7-14(12)18-16(21)15-8-13(19-20-15)10-1-2-10/h3-6,8,10,12,14H,1-2,7H2,(H,18,21)(H,19,20)/t12-,14+/m0/s1. The lowest BCUT2D eigenvalue weighted by molar-refractivity contribution is 0.0945. The molecule has 0 aliphatic heterocycles.